The zero-order chi connectivity index (χ0) is 14.6. The minimum Gasteiger partial charge on any atom is -0.398 e. The number of anilines is 1. The molecule has 6 heteroatoms. The number of sulfonamides is 1. The number of rotatable bonds is 6. The van der Waals surface area contributed by atoms with E-state index in [9.17, 15) is 8.42 Å². The second kappa shape index (κ2) is 6.36. The van der Waals surface area contributed by atoms with E-state index in [1.165, 1.54) is 0 Å². The van der Waals surface area contributed by atoms with Gasteiger partial charge in [-0.3, -0.25) is 0 Å². The summed E-state index contributed by atoms with van der Waals surface area (Å²) >= 11 is 0. The smallest absolute Gasteiger partial charge is 0.241 e. The lowest BCUT2D eigenvalue weighted by Gasteiger charge is -2.15. The largest absolute Gasteiger partial charge is 0.398 e. The number of aryl methyl sites for hydroxylation is 2. The number of nitrogens with one attached hydrogen (secondary N) is 1. The Balaban J connectivity index is 3.05. The second-order valence-corrected chi connectivity index (χ2v) is 6.41. The van der Waals surface area contributed by atoms with Crippen LogP contribution in [0.25, 0.3) is 0 Å². The molecule has 19 heavy (non-hydrogen) atoms. The van der Waals surface area contributed by atoms with Gasteiger partial charge in [0.1, 0.15) is 0 Å². The van der Waals surface area contributed by atoms with Crippen LogP contribution in [0.1, 0.15) is 29.5 Å². The Labute approximate surface area is 114 Å². The molecule has 0 amide bonds. The normalized spacial score (nSPS) is 11.8. The highest BCUT2D eigenvalue weighted by molar-refractivity contribution is 7.89. The van der Waals surface area contributed by atoms with Gasteiger partial charge in [0, 0.05) is 18.8 Å². The van der Waals surface area contributed by atoms with Crippen molar-refractivity contribution < 1.29 is 13.5 Å². The average Bonchev–Trinajstić information content (AvgIpc) is 2.31. The lowest BCUT2D eigenvalue weighted by Crippen LogP contribution is -2.26. The number of hydrogen-bond donors (Lipinski definition) is 3. The molecule has 0 unspecified atom stereocenters. The number of nitrogens with two attached hydrogens (primary N) is 1. The molecule has 108 valence electrons. The number of aliphatic hydroxyl groups is 1. The highest BCUT2D eigenvalue weighted by Crippen LogP contribution is 2.27. The summed E-state index contributed by atoms with van der Waals surface area (Å²) in [5.41, 5.74) is 8.58. The van der Waals surface area contributed by atoms with Gasteiger partial charge in [-0.25, -0.2) is 13.1 Å². The second-order valence-electron chi connectivity index (χ2n) is 4.71. The van der Waals surface area contributed by atoms with Gasteiger partial charge in [0.25, 0.3) is 0 Å². The molecule has 0 heterocycles. The van der Waals surface area contributed by atoms with Crippen molar-refractivity contribution in [1.29, 1.82) is 0 Å². The quantitative estimate of drug-likeness (QED) is 0.542. The Hall–Kier alpha value is -1.11. The fourth-order valence-electron chi connectivity index (χ4n) is 2.11. The van der Waals surface area contributed by atoms with Crippen LogP contribution in [0.4, 0.5) is 5.69 Å². The molecular weight excluding hydrogens is 264 g/mol. The summed E-state index contributed by atoms with van der Waals surface area (Å²) in [6.07, 6.45) is 1.19. The van der Waals surface area contributed by atoms with Crippen molar-refractivity contribution in [2.45, 2.75) is 38.5 Å². The monoisotopic (exact) mass is 286 g/mol. The third-order valence-electron chi connectivity index (χ3n) is 3.11. The van der Waals surface area contributed by atoms with Crippen LogP contribution in [0.15, 0.2) is 11.0 Å². The number of nitrogen functional groups attached to an aromatic ring is 1. The van der Waals surface area contributed by atoms with E-state index >= 15 is 0 Å². The van der Waals surface area contributed by atoms with E-state index in [1.54, 1.807) is 19.9 Å². The SMILES string of the molecule is Cc1cc(C)c(S(=O)(=O)NCCCCO)c(C)c1N. The topological polar surface area (TPSA) is 92.4 Å². The predicted molar refractivity (Wildman–Crippen MR) is 76.6 cm³/mol. The molecule has 4 N–H and O–H groups in total. The molecule has 0 spiro atoms. The molecular formula is C13H22N2O3S. The van der Waals surface area contributed by atoms with Crippen molar-refractivity contribution in [3.8, 4) is 0 Å². The highest BCUT2D eigenvalue weighted by atomic mass is 32.2. The van der Waals surface area contributed by atoms with E-state index in [4.69, 9.17) is 10.8 Å². The lowest BCUT2D eigenvalue weighted by molar-refractivity contribution is 0.285. The minimum atomic E-state index is -3.55. The van der Waals surface area contributed by atoms with Crippen LogP contribution >= 0.6 is 0 Å². The van der Waals surface area contributed by atoms with Crippen molar-refractivity contribution in [1.82, 2.24) is 4.72 Å². The van der Waals surface area contributed by atoms with Crippen molar-refractivity contribution >= 4 is 15.7 Å². The zero-order valence-electron chi connectivity index (χ0n) is 11.7. The maximum absolute atomic E-state index is 12.3. The third-order valence-corrected chi connectivity index (χ3v) is 4.86. The zero-order valence-corrected chi connectivity index (χ0v) is 12.5. The fourth-order valence-corrected chi connectivity index (χ4v) is 3.66. The van der Waals surface area contributed by atoms with Gasteiger partial charge in [0.15, 0.2) is 0 Å². The number of unbranched alkanes of at least 4 members (excludes halogenated alkanes) is 1. The van der Waals surface area contributed by atoms with Gasteiger partial charge in [-0.15, -0.1) is 0 Å². The Kier molecular flexibility index (Phi) is 5.34. The molecule has 1 aromatic rings. The molecule has 0 aliphatic carbocycles. The molecule has 0 atom stereocenters. The molecule has 0 saturated heterocycles. The lowest BCUT2D eigenvalue weighted by atomic mass is 10.1. The van der Waals surface area contributed by atoms with Crippen molar-refractivity contribution in [3.63, 3.8) is 0 Å². The summed E-state index contributed by atoms with van der Waals surface area (Å²) in [6, 6.07) is 1.78. The van der Waals surface area contributed by atoms with Crippen molar-refractivity contribution in [2.24, 2.45) is 0 Å². The van der Waals surface area contributed by atoms with E-state index in [1.807, 2.05) is 6.92 Å². The van der Waals surface area contributed by atoms with Crippen LogP contribution < -0.4 is 10.5 Å². The minimum absolute atomic E-state index is 0.0667. The first-order valence-corrected chi connectivity index (χ1v) is 7.76. The van der Waals surface area contributed by atoms with E-state index in [0.29, 0.717) is 36.2 Å². The van der Waals surface area contributed by atoms with Gasteiger partial charge in [0.2, 0.25) is 10.0 Å². The fraction of sp³-hybridized carbons (Fsp3) is 0.538. The van der Waals surface area contributed by atoms with E-state index in [-0.39, 0.29) is 11.5 Å². The number of benzene rings is 1. The summed E-state index contributed by atoms with van der Waals surface area (Å²) < 4.78 is 27.1. The molecule has 0 bridgehead atoms. The Morgan fingerprint density at radius 3 is 2.42 bits per heavy atom. The Morgan fingerprint density at radius 1 is 1.21 bits per heavy atom. The van der Waals surface area contributed by atoms with Gasteiger partial charge < -0.3 is 10.8 Å². The standard InChI is InChI=1S/C13H22N2O3S/c1-9-8-10(2)13(11(3)12(9)14)19(17,18)15-6-4-5-7-16/h8,15-16H,4-7,14H2,1-3H3. The van der Waals surface area contributed by atoms with Crippen LogP contribution in [0.3, 0.4) is 0 Å². The van der Waals surface area contributed by atoms with Crippen LogP contribution in [0, 0.1) is 20.8 Å². The van der Waals surface area contributed by atoms with Crippen LogP contribution in [-0.2, 0) is 10.0 Å². The van der Waals surface area contributed by atoms with E-state index < -0.39 is 10.0 Å². The van der Waals surface area contributed by atoms with Gasteiger partial charge in [-0.05, 0) is 50.3 Å². The Bertz CT molecular complexity index is 553. The first kappa shape index (κ1) is 15.9. The van der Waals surface area contributed by atoms with Crippen molar-refractivity contribution in [3.05, 3.63) is 22.8 Å². The molecule has 0 saturated carbocycles. The number of aliphatic hydroxyl groups excluding tert-OH is 1. The van der Waals surface area contributed by atoms with Crippen LogP contribution in [0.2, 0.25) is 0 Å². The molecule has 1 aromatic carbocycles. The summed E-state index contributed by atoms with van der Waals surface area (Å²) in [5, 5.41) is 8.67. The predicted octanol–water partition coefficient (Wildman–Crippen LogP) is 1.24. The molecule has 0 aliphatic heterocycles. The van der Waals surface area contributed by atoms with Gasteiger partial charge in [-0.1, -0.05) is 6.07 Å². The van der Waals surface area contributed by atoms with Gasteiger partial charge >= 0.3 is 0 Å². The molecule has 0 radical (unpaired) electrons. The Morgan fingerprint density at radius 2 is 1.84 bits per heavy atom. The maximum atomic E-state index is 12.3. The van der Waals surface area contributed by atoms with E-state index in [2.05, 4.69) is 4.72 Å². The van der Waals surface area contributed by atoms with Gasteiger partial charge in [0.05, 0.1) is 4.90 Å². The van der Waals surface area contributed by atoms with Crippen LogP contribution in [0.5, 0.6) is 0 Å². The van der Waals surface area contributed by atoms with E-state index in [0.717, 1.165) is 5.56 Å². The first-order valence-electron chi connectivity index (χ1n) is 6.28. The molecule has 0 fully saturated rings. The molecule has 0 aromatic heterocycles. The highest BCUT2D eigenvalue weighted by Gasteiger charge is 2.21. The average molecular weight is 286 g/mol. The summed E-state index contributed by atoms with van der Waals surface area (Å²) in [7, 11) is -3.55. The maximum Gasteiger partial charge on any atom is 0.241 e. The molecule has 1 rings (SSSR count). The third kappa shape index (κ3) is 3.68. The summed E-state index contributed by atoms with van der Waals surface area (Å²) in [6.45, 7) is 5.73. The summed E-state index contributed by atoms with van der Waals surface area (Å²) in [4.78, 5) is 0.264. The number of hydrogen-bond acceptors (Lipinski definition) is 4. The molecule has 5 nitrogen and oxygen atoms in total. The van der Waals surface area contributed by atoms with Crippen LogP contribution in [-0.4, -0.2) is 26.7 Å². The van der Waals surface area contributed by atoms with Gasteiger partial charge in [-0.2, -0.15) is 0 Å². The molecule has 0 aliphatic rings. The first-order chi connectivity index (χ1) is 8.81. The summed E-state index contributed by atoms with van der Waals surface area (Å²) in [5.74, 6) is 0. The van der Waals surface area contributed by atoms with Crippen molar-refractivity contribution in [2.75, 3.05) is 18.9 Å².